The molecule has 0 aromatic carbocycles. The van der Waals surface area contributed by atoms with Gasteiger partial charge in [-0.05, 0) is 11.3 Å². The molecule has 0 aliphatic rings. The molecule has 0 bridgehead atoms. The van der Waals surface area contributed by atoms with E-state index < -0.39 is 0 Å². The average molecular weight is 166 g/mol. The highest BCUT2D eigenvalue weighted by atomic mass is 14.3. The Labute approximate surface area is 79.5 Å². The van der Waals surface area contributed by atoms with E-state index >= 15 is 0 Å². The third kappa shape index (κ3) is 2.84. The van der Waals surface area contributed by atoms with E-state index in [1.54, 1.807) is 0 Å². The van der Waals surface area contributed by atoms with Crippen molar-refractivity contribution in [3.63, 3.8) is 0 Å². The van der Waals surface area contributed by atoms with Crippen molar-refractivity contribution in [1.29, 1.82) is 0 Å². The van der Waals surface area contributed by atoms with Gasteiger partial charge in [0.2, 0.25) is 0 Å². The van der Waals surface area contributed by atoms with Gasteiger partial charge in [-0.3, -0.25) is 0 Å². The molecule has 0 aliphatic heterocycles. The lowest BCUT2D eigenvalue weighted by molar-refractivity contribution is 0.184. The van der Waals surface area contributed by atoms with E-state index in [1.165, 1.54) is 25.7 Å². The molecule has 0 fully saturated rings. The Kier molecular flexibility index (Phi) is 5.70. The molecule has 70 valence electrons. The number of hydrogen-bond donors (Lipinski definition) is 0. The maximum Gasteiger partial charge on any atom is 0.0660 e. The second-order valence-corrected chi connectivity index (χ2v) is 4.11. The van der Waals surface area contributed by atoms with E-state index in [0.717, 1.165) is 12.2 Å². The molecule has 1 heteroatoms. The molecule has 0 nitrogen and oxygen atoms in total. The summed E-state index contributed by atoms with van der Waals surface area (Å²) in [7, 11) is 5.82. The molecule has 12 heavy (non-hydrogen) atoms. The van der Waals surface area contributed by atoms with Crippen LogP contribution in [0.15, 0.2) is 0 Å². The second-order valence-electron chi connectivity index (χ2n) is 4.11. The van der Waals surface area contributed by atoms with Crippen molar-refractivity contribution in [1.82, 2.24) is 0 Å². The molecule has 0 amide bonds. The van der Waals surface area contributed by atoms with Gasteiger partial charge in [0.25, 0.3) is 0 Å². The Morgan fingerprint density at radius 1 is 1.25 bits per heavy atom. The van der Waals surface area contributed by atoms with Crippen LogP contribution in [-0.4, -0.2) is 7.85 Å². The Morgan fingerprint density at radius 3 is 2.08 bits per heavy atom. The highest BCUT2D eigenvalue weighted by molar-refractivity contribution is 6.09. The van der Waals surface area contributed by atoms with Crippen molar-refractivity contribution in [2.24, 2.45) is 11.3 Å². The molecular weight excluding hydrogens is 143 g/mol. The van der Waals surface area contributed by atoms with Gasteiger partial charge in [0, 0.05) is 0 Å². The van der Waals surface area contributed by atoms with Crippen molar-refractivity contribution in [2.45, 2.75) is 59.7 Å². The quantitative estimate of drug-likeness (QED) is 0.526. The van der Waals surface area contributed by atoms with E-state index in [0.29, 0.717) is 5.41 Å². The molecule has 2 atom stereocenters. The van der Waals surface area contributed by atoms with E-state index in [9.17, 15) is 0 Å². The van der Waals surface area contributed by atoms with Gasteiger partial charge < -0.3 is 0 Å². The lowest BCUT2D eigenvalue weighted by Crippen LogP contribution is -2.25. The van der Waals surface area contributed by atoms with Crippen molar-refractivity contribution in [3.8, 4) is 0 Å². The van der Waals surface area contributed by atoms with Crippen LogP contribution < -0.4 is 0 Å². The minimum atomic E-state index is 0.380. The molecule has 2 radical (unpaired) electrons. The molecule has 0 aliphatic carbocycles. The second kappa shape index (κ2) is 5.67. The van der Waals surface area contributed by atoms with Gasteiger partial charge in [0.1, 0.15) is 0 Å². The SMILES string of the molecule is [B]CC(C)(CC)C(CC)CCC. The molecule has 0 aromatic heterocycles. The average Bonchev–Trinajstić information content (AvgIpc) is 2.13. The summed E-state index contributed by atoms with van der Waals surface area (Å²) < 4.78 is 0. The fourth-order valence-electron chi connectivity index (χ4n) is 1.99. The van der Waals surface area contributed by atoms with Crippen LogP contribution in [0.25, 0.3) is 0 Å². The number of rotatable bonds is 6. The molecule has 0 saturated carbocycles. The highest BCUT2D eigenvalue weighted by Crippen LogP contribution is 2.39. The van der Waals surface area contributed by atoms with Crippen LogP contribution in [0.1, 0.15) is 53.4 Å². The summed E-state index contributed by atoms with van der Waals surface area (Å²) in [6.45, 7) is 9.13. The Balaban J connectivity index is 4.21. The first-order valence-corrected chi connectivity index (χ1v) is 5.34. The van der Waals surface area contributed by atoms with Gasteiger partial charge in [0.05, 0.1) is 7.85 Å². The normalized spacial score (nSPS) is 18.7. The van der Waals surface area contributed by atoms with Crippen molar-refractivity contribution in [3.05, 3.63) is 0 Å². The Morgan fingerprint density at radius 2 is 1.83 bits per heavy atom. The fourth-order valence-corrected chi connectivity index (χ4v) is 1.99. The molecule has 0 rings (SSSR count). The van der Waals surface area contributed by atoms with E-state index in [4.69, 9.17) is 7.85 Å². The molecule has 0 aromatic rings. The third-order valence-electron chi connectivity index (χ3n) is 3.39. The summed E-state index contributed by atoms with van der Waals surface area (Å²) in [5.41, 5.74) is 0.380. The van der Waals surface area contributed by atoms with Crippen molar-refractivity contribution < 1.29 is 0 Å². The van der Waals surface area contributed by atoms with Crippen LogP contribution in [0, 0.1) is 11.3 Å². The number of hydrogen-bond acceptors (Lipinski definition) is 0. The largest absolute Gasteiger partial charge is 0.0832 e. The summed E-state index contributed by atoms with van der Waals surface area (Å²) in [6.07, 6.45) is 5.94. The maximum absolute atomic E-state index is 5.82. The van der Waals surface area contributed by atoms with E-state index in [1.807, 2.05) is 0 Å². The lowest BCUT2D eigenvalue weighted by atomic mass is 9.65. The standard InChI is InChI=1S/C11H23B/c1-5-8-10(6-2)11(4,7-3)9-12/h10H,5-9H2,1-4H3. The van der Waals surface area contributed by atoms with Gasteiger partial charge >= 0.3 is 0 Å². The first-order chi connectivity index (χ1) is 5.64. The molecule has 2 unspecified atom stereocenters. The van der Waals surface area contributed by atoms with Crippen molar-refractivity contribution >= 4 is 7.85 Å². The predicted octanol–water partition coefficient (Wildman–Crippen LogP) is 3.82. The highest BCUT2D eigenvalue weighted by Gasteiger charge is 2.27. The first kappa shape index (κ1) is 12.1. The van der Waals surface area contributed by atoms with Crippen LogP contribution in [0.5, 0.6) is 0 Å². The van der Waals surface area contributed by atoms with Gasteiger partial charge in [-0.2, -0.15) is 0 Å². The summed E-state index contributed by atoms with van der Waals surface area (Å²) in [6, 6.07) is 0. The summed E-state index contributed by atoms with van der Waals surface area (Å²) >= 11 is 0. The zero-order chi connectivity index (χ0) is 9.61. The van der Waals surface area contributed by atoms with Gasteiger partial charge in [-0.25, -0.2) is 0 Å². The van der Waals surface area contributed by atoms with Gasteiger partial charge in [0.15, 0.2) is 0 Å². The molecule has 0 N–H and O–H groups in total. The van der Waals surface area contributed by atoms with E-state index in [-0.39, 0.29) is 0 Å². The lowest BCUT2D eigenvalue weighted by Gasteiger charge is -2.36. The van der Waals surface area contributed by atoms with Crippen LogP contribution in [0.3, 0.4) is 0 Å². The van der Waals surface area contributed by atoms with Crippen LogP contribution >= 0.6 is 0 Å². The van der Waals surface area contributed by atoms with Gasteiger partial charge in [-0.15, -0.1) is 0 Å². The topological polar surface area (TPSA) is 0 Å². The van der Waals surface area contributed by atoms with Crippen LogP contribution in [0.4, 0.5) is 0 Å². The summed E-state index contributed by atoms with van der Waals surface area (Å²) in [5.74, 6) is 0.817. The molecule has 0 spiro atoms. The zero-order valence-electron chi connectivity index (χ0n) is 9.19. The van der Waals surface area contributed by atoms with Gasteiger partial charge in [-0.1, -0.05) is 59.7 Å². The van der Waals surface area contributed by atoms with E-state index in [2.05, 4.69) is 27.7 Å². The zero-order valence-corrected chi connectivity index (χ0v) is 9.19. The Bertz CT molecular complexity index is 106. The Hall–Kier alpha value is 0.0649. The minimum absolute atomic E-state index is 0.380. The fraction of sp³-hybridized carbons (Fsp3) is 1.00. The van der Waals surface area contributed by atoms with Crippen LogP contribution in [-0.2, 0) is 0 Å². The predicted molar refractivity (Wildman–Crippen MR) is 57.6 cm³/mol. The summed E-state index contributed by atoms with van der Waals surface area (Å²) in [4.78, 5) is 0. The third-order valence-corrected chi connectivity index (χ3v) is 3.39. The van der Waals surface area contributed by atoms with Crippen LogP contribution in [0.2, 0.25) is 6.32 Å². The minimum Gasteiger partial charge on any atom is -0.0832 e. The molecule has 0 heterocycles. The maximum atomic E-state index is 5.82. The summed E-state index contributed by atoms with van der Waals surface area (Å²) in [5, 5.41) is 0. The monoisotopic (exact) mass is 166 g/mol. The molecule has 0 saturated heterocycles. The van der Waals surface area contributed by atoms with Crippen molar-refractivity contribution in [2.75, 3.05) is 0 Å². The first-order valence-electron chi connectivity index (χ1n) is 5.34. The smallest absolute Gasteiger partial charge is 0.0660 e. The molecular formula is C11H23B.